The third-order valence-electron chi connectivity index (χ3n) is 9.57. The van der Waals surface area contributed by atoms with Crippen molar-refractivity contribution in [2.24, 2.45) is 0 Å². The predicted octanol–water partition coefficient (Wildman–Crippen LogP) is 7.66. The number of pyridine rings is 1. The first-order chi connectivity index (χ1) is 24.3. The summed E-state index contributed by atoms with van der Waals surface area (Å²) in [7, 11) is -3.91. The summed E-state index contributed by atoms with van der Waals surface area (Å²) in [6, 6.07) is 11.6. The summed E-state index contributed by atoms with van der Waals surface area (Å²) in [6.45, 7) is 0.297. The number of alkyl halides is 8. The van der Waals surface area contributed by atoms with Gasteiger partial charge in [-0.1, -0.05) is 42.5 Å². The number of piperidine rings is 1. The van der Waals surface area contributed by atoms with E-state index in [0.29, 0.717) is 25.9 Å². The van der Waals surface area contributed by atoms with E-state index in [4.69, 9.17) is 0 Å². The Bertz CT molecular complexity index is 2070. The maximum atomic E-state index is 14.5. The SMILES string of the molecule is CS(=O)(=O)c1ccc2nc(-c3cccc(C(F)(F)F)c3)c(CN3CCC(N4CCC(F)(F)C4)CC3)c(C(=O)N[C@H](c3ccccc3)C(F)(F)F)c2c1. The number of likely N-dealkylation sites (tertiary alicyclic amines) is 2. The van der Waals surface area contributed by atoms with Crippen LogP contribution >= 0.6 is 0 Å². The molecule has 2 fully saturated rings. The average molecular weight is 755 g/mol. The van der Waals surface area contributed by atoms with Gasteiger partial charge in [0.1, 0.15) is 0 Å². The molecule has 1 atom stereocenters. The van der Waals surface area contributed by atoms with Crippen molar-refractivity contribution < 1.29 is 48.3 Å². The van der Waals surface area contributed by atoms with E-state index in [1.54, 1.807) is 4.90 Å². The molecule has 0 radical (unpaired) electrons. The van der Waals surface area contributed by atoms with E-state index >= 15 is 0 Å². The highest BCUT2D eigenvalue weighted by molar-refractivity contribution is 7.90. The van der Waals surface area contributed by atoms with E-state index in [1.165, 1.54) is 48.5 Å². The summed E-state index contributed by atoms with van der Waals surface area (Å²) < 4.78 is 138. The second-order valence-electron chi connectivity index (χ2n) is 13.3. The fraction of sp³-hybridized carbons (Fsp3) is 0.389. The van der Waals surface area contributed by atoms with Gasteiger partial charge in [0.2, 0.25) is 0 Å². The summed E-state index contributed by atoms with van der Waals surface area (Å²) >= 11 is 0. The van der Waals surface area contributed by atoms with Crippen molar-refractivity contribution in [3.8, 4) is 11.3 Å². The maximum absolute atomic E-state index is 14.5. The number of carbonyl (C=O) groups is 1. The van der Waals surface area contributed by atoms with Gasteiger partial charge in [-0.15, -0.1) is 0 Å². The van der Waals surface area contributed by atoms with Crippen molar-refractivity contribution >= 4 is 26.6 Å². The second-order valence-corrected chi connectivity index (χ2v) is 15.3. The molecule has 0 bridgehead atoms. The lowest BCUT2D eigenvalue weighted by Crippen LogP contribution is -2.44. The van der Waals surface area contributed by atoms with Crippen LogP contribution < -0.4 is 5.32 Å². The van der Waals surface area contributed by atoms with Crippen molar-refractivity contribution in [2.45, 2.75) is 61.1 Å². The Morgan fingerprint density at radius 2 is 1.63 bits per heavy atom. The van der Waals surface area contributed by atoms with E-state index < -0.39 is 45.6 Å². The smallest absolute Gasteiger partial charge is 0.337 e. The van der Waals surface area contributed by atoms with Crippen LogP contribution in [0.2, 0.25) is 0 Å². The Labute approximate surface area is 294 Å². The molecule has 1 amide bonds. The molecule has 2 saturated heterocycles. The lowest BCUT2D eigenvalue weighted by atomic mass is 9.93. The molecule has 278 valence electrons. The number of hydrogen-bond acceptors (Lipinski definition) is 6. The lowest BCUT2D eigenvalue weighted by Gasteiger charge is -2.37. The highest BCUT2D eigenvalue weighted by atomic mass is 32.2. The summed E-state index contributed by atoms with van der Waals surface area (Å²) in [6.07, 6.45) is -8.20. The molecule has 1 aromatic heterocycles. The Balaban J connectivity index is 1.51. The van der Waals surface area contributed by atoms with Crippen LogP contribution in [0, 0.1) is 0 Å². The van der Waals surface area contributed by atoms with E-state index in [1.807, 2.05) is 4.90 Å². The van der Waals surface area contributed by atoms with Crippen LogP contribution in [-0.2, 0) is 22.6 Å². The van der Waals surface area contributed by atoms with Gasteiger partial charge in [0.05, 0.1) is 33.8 Å². The lowest BCUT2D eigenvalue weighted by molar-refractivity contribution is -0.155. The third kappa shape index (κ3) is 8.23. The second kappa shape index (κ2) is 14.0. The molecule has 2 aliphatic rings. The van der Waals surface area contributed by atoms with Crippen LogP contribution in [0.5, 0.6) is 0 Å². The van der Waals surface area contributed by atoms with E-state index in [0.717, 1.165) is 30.5 Å². The molecular formula is C36H34F8N4O3S. The standard InChI is InChI=1S/C36H34F8N4O3S/c1-52(50,51)26-10-11-29-27(19-26)30(33(49)46-32(36(42,43)44)22-6-3-2-4-7-22)28(31(45-29)23-8-5-9-24(18-23)35(39,40)41)20-47-15-12-25(13-16-47)48-17-14-34(37,38)21-48/h2-11,18-19,25,32H,12-17,20-21H2,1H3,(H,46,49)/t32-/m1/s1. The highest BCUT2D eigenvalue weighted by Gasteiger charge is 2.44. The fourth-order valence-corrected chi connectivity index (χ4v) is 7.60. The minimum atomic E-state index is -4.98. The molecule has 0 aliphatic carbocycles. The molecule has 7 nitrogen and oxygen atoms in total. The van der Waals surface area contributed by atoms with Crippen molar-refractivity contribution in [3.63, 3.8) is 0 Å². The molecule has 0 spiro atoms. The first kappa shape index (κ1) is 37.6. The number of fused-ring (bicyclic) bond motifs is 1. The van der Waals surface area contributed by atoms with Crippen molar-refractivity contribution in [1.29, 1.82) is 0 Å². The normalized spacial score (nSPS) is 18.5. The molecule has 52 heavy (non-hydrogen) atoms. The first-order valence-electron chi connectivity index (χ1n) is 16.4. The molecule has 1 N–H and O–H groups in total. The molecular weight excluding hydrogens is 720 g/mol. The zero-order valence-corrected chi connectivity index (χ0v) is 28.6. The molecule has 0 unspecified atom stereocenters. The average Bonchev–Trinajstić information content (AvgIpc) is 3.45. The van der Waals surface area contributed by atoms with Gasteiger partial charge < -0.3 is 5.32 Å². The number of rotatable bonds is 8. The number of benzene rings is 3. The largest absolute Gasteiger partial charge is 0.416 e. The number of nitrogens with zero attached hydrogens (tertiary/aromatic N) is 3. The van der Waals surface area contributed by atoms with Gasteiger partial charge >= 0.3 is 12.4 Å². The van der Waals surface area contributed by atoms with Crippen LogP contribution in [0.1, 0.15) is 52.4 Å². The van der Waals surface area contributed by atoms with Gasteiger partial charge in [0, 0.05) is 48.3 Å². The predicted molar refractivity (Wildman–Crippen MR) is 177 cm³/mol. The number of sulfone groups is 1. The van der Waals surface area contributed by atoms with Gasteiger partial charge in [-0.05, 0) is 61.8 Å². The molecule has 16 heteroatoms. The molecule has 6 rings (SSSR count). The van der Waals surface area contributed by atoms with Crippen LogP contribution in [-0.4, -0.2) is 79.7 Å². The van der Waals surface area contributed by atoms with Crippen LogP contribution in [0.25, 0.3) is 22.2 Å². The topological polar surface area (TPSA) is 82.6 Å². The van der Waals surface area contributed by atoms with E-state index in [-0.39, 0.29) is 75.8 Å². The Morgan fingerprint density at radius 1 is 0.942 bits per heavy atom. The highest BCUT2D eigenvalue weighted by Crippen LogP contribution is 2.39. The molecule has 0 saturated carbocycles. The molecule has 4 aromatic rings. The Morgan fingerprint density at radius 3 is 2.23 bits per heavy atom. The van der Waals surface area contributed by atoms with Crippen molar-refractivity contribution in [1.82, 2.24) is 20.1 Å². The fourth-order valence-electron chi connectivity index (χ4n) is 6.95. The van der Waals surface area contributed by atoms with Gasteiger partial charge in [-0.2, -0.15) is 26.3 Å². The monoisotopic (exact) mass is 754 g/mol. The minimum Gasteiger partial charge on any atom is -0.337 e. The number of amides is 1. The zero-order chi connectivity index (χ0) is 37.6. The summed E-state index contributed by atoms with van der Waals surface area (Å²) in [5, 5.41) is 1.95. The van der Waals surface area contributed by atoms with Crippen molar-refractivity contribution in [3.05, 3.63) is 95.1 Å². The van der Waals surface area contributed by atoms with Gasteiger partial charge in [0.25, 0.3) is 11.8 Å². The Hall–Kier alpha value is -4.15. The summed E-state index contributed by atoms with van der Waals surface area (Å²) in [5.41, 5.74) is -1.93. The zero-order valence-electron chi connectivity index (χ0n) is 27.7. The molecule has 2 aliphatic heterocycles. The summed E-state index contributed by atoms with van der Waals surface area (Å²) in [5.74, 6) is -4.05. The Kier molecular flexibility index (Phi) is 10.1. The minimum absolute atomic E-state index is 0.0184. The molecule has 3 aromatic carbocycles. The van der Waals surface area contributed by atoms with Crippen LogP contribution in [0.4, 0.5) is 35.1 Å². The number of halogens is 8. The maximum Gasteiger partial charge on any atom is 0.416 e. The van der Waals surface area contributed by atoms with Gasteiger partial charge in [-0.25, -0.2) is 22.2 Å². The van der Waals surface area contributed by atoms with Crippen LogP contribution in [0.15, 0.2) is 77.7 Å². The van der Waals surface area contributed by atoms with E-state index in [9.17, 15) is 48.3 Å². The number of aromatic nitrogens is 1. The number of nitrogens with one attached hydrogen (secondary N) is 1. The number of hydrogen-bond donors (Lipinski definition) is 1. The first-order valence-corrected chi connectivity index (χ1v) is 18.3. The van der Waals surface area contributed by atoms with Gasteiger partial charge in [0.15, 0.2) is 15.9 Å². The summed E-state index contributed by atoms with van der Waals surface area (Å²) in [4.78, 5) is 22.2. The van der Waals surface area contributed by atoms with E-state index in [2.05, 4.69) is 10.3 Å². The van der Waals surface area contributed by atoms with Crippen molar-refractivity contribution in [2.75, 3.05) is 32.4 Å². The quantitative estimate of drug-likeness (QED) is 0.186. The molecule has 3 heterocycles. The third-order valence-corrected chi connectivity index (χ3v) is 10.7. The van der Waals surface area contributed by atoms with Gasteiger partial charge in [-0.3, -0.25) is 14.6 Å². The van der Waals surface area contributed by atoms with Crippen LogP contribution in [0.3, 0.4) is 0 Å². The number of carbonyl (C=O) groups excluding carboxylic acids is 1.